The zero-order chi connectivity index (χ0) is 28.9. The Labute approximate surface area is 242 Å². The van der Waals surface area contributed by atoms with Crippen molar-refractivity contribution < 1.29 is 26.4 Å². The molecule has 0 unspecified atom stereocenters. The number of Topliss-reactive ketones (excluding diaryl/α,β-unsaturated/α-hetero) is 1. The molecule has 0 aromatic heterocycles. The molecular weight excluding hydrogens is 562 g/mol. The fourth-order valence-electron chi connectivity index (χ4n) is 5.23. The summed E-state index contributed by atoms with van der Waals surface area (Å²) in [6.07, 6.45) is 2.62. The van der Waals surface area contributed by atoms with Gasteiger partial charge in [-0.05, 0) is 79.3 Å². The molecule has 3 aromatic rings. The number of nitrogens with zero attached hydrogens (tertiary/aromatic N) is 2. The van der Waals surface area contributed by atoms with Crippen molar-refractivity contribution >= 4 is 31.5 Å². The molecule has 3 aromatic carbocycles. The van der Waals surface area contributed by atoms with Crippen LogP contribution in [-0.2, 0) is 31.2 Å². The standard InChI is InChI=1S/C30H35N3O6S2/c34-30(26-6-10-28(11-7-26)41(37,38)33-18-20-39-21-19-33)23-31-27-8-12-29(13-9-27)40(35,36)32-16-14-25(15-17-32)22-24-4-2-1-3-5-24/h1-13,25,31H,14-23H2. The van der Waals surface area contributed by atoms with Crippen molar-refractivity contribution in [2.24, 2.45) is 5.92 Å². The van der Waals surface area contributed by atoms with Crippen LogP contribution in [0.2, 0.25) is 0 Å². The second-order valence-corrected chi connectivity index (χ2v) is 14.3. The van der Waals surface area contributed by atoms with Crippen molar-refractivity contribution in [2.45, 2.75) is 29.1 Å². The topological polar surface area (TPSA) is 113 Å². The van der Waals surface area contributed by atoms with Crippen LogP contribution in [0.3, 0.4) is 0 Å². The maximum Gasteiger partial charge on any atom is 0.243 e. The third-order valence-corrected chi connectivity index (χ3v) is 11.5. The molecule has 2 fully saturated rings. The van der Waals surface area contributed by atoms with Gasteiger partial charge in [0.05, 0.1) is 29.5 Å². The third-order valence-electron chi connectivity index (χ3n) is 7.67. The van der Waals surface area contributed by atoms with Crippen molar-refractivity contribution in [1.82, 2.24) is 8.61 Å². The van der Waals surface area contributed by atoms with Crippen LogP contribution in [0.25, 0.3) is 0 Å². The zero-order valence-corrected chi connectivity index (χ0v) is 24.4. The highest BCUT2D eigenvalue weighted by Gasteiger charge is 2.29. The van der Waals surface area contributed by atoms with Gasteiger partial charge >= 0.3 is 0 Å². The van der Waals surface area contributed by atoms with E-state index in [-0.39, 0.29) is 22.1 Å². The molecule has 41 heavy (non-hydrogen) atoms. The van der Waals surface area contributed by atoms with Gasteiger partial charge in [-0.25, -0.2) is 16.8 Å². The van der Waals surface area contributed by atoms with E-state index in [4.69, 9.17) is 4.74 Å². The summed E-state index contributed by atoms with van der Waals surface area (Å²) in [4.78, 5) is 13.1. The average molecular weight is 598 g/mol. The molecule has 0 bridgehead atoms. The van der Waals surface area contributed by atoms with E-state index in [0.29, 0.717) is 56.6 Å². The molecule has 218 valence electrons. The van der Waals surface area contributed by atoms with Crippen LogP contribution < -0.4 is 5.32 Å². The Morgan fingerprint density at radius 1 is 0.732 bits per heavy atom. The molecule has 0 aliphatic carbocycles. The Bertz CT molecular complexity index is 1530. The number of piperidine rings is 1. The quantitative estimate of drug-likeness (QED) is 0.355. The van der Waals surface area contributed by atoms with E-state index < -0.39 is 20.0 Å². The smallest absolute Gasteiger partial charge is 0.243 e. The number of rotatable bonds is 10. The van der Waals surface area contributed by atoms with Gasteiger partial charge in [0, 0.05) is 37.4 Å². The number of benzene rings is 3. The number of carbonyl (C=O) groups is 1. The second-order valence-electron chi connectivity index (χ2n) is 10.4. The van der Waals surface area contributed by atoms with Crippen LogP contribution in [0, 0.1) is 5.92 Å². The summed E-state index contributed by atoms with van der Waals surface area (Å²) in [5.74, 6) is 0.258. The largest absolute Gasteiger partial charge is 0.379 e. The molecule has 0 radical (unpaired) electrons. The number of ether oxygens (including phenoxy) is 1. The fourth-order valence-corrected chi connectivity index (χ4v) is 8.11. The number of anilines is 1. The minimum absolute atomic E-state index is 0.0173. The van der Waals surface area contributed by atoms with Crippen molar-refractivity contribution in [3.63, 3.8) is 0 Å². The van der Waals surface area contributed by atoms with E-state index >= 15 is 0 Å². The first-order valence-electron chi connectivity index (χ1n) is 13.8. The molecular formula is C30H35N3O6S2. The third kappa shape index (κ3) is 7.04. The highest BCUT2D eigenvalue weighted by Crippen LogP contribution is 2.27. The molecule has 1 N–H and O–H groups in total. The number of carbonyl (C=O) groups excluding carboxylic acids is 1. The molecule has 0 spiro atoms. The van der Waals surface area contributed by atoms with Gasteiger partial charge in [0.2, 0.25) is 20.0 Å². The first-order valence-corrected chi connectivity index (χ1v) is 16.7. The number of sulfonamides is 2. The predicted molar refractivity (Wildman–Crippen MR) is 157 cm³/mol. The first kappa shape index (κ1) is 29.4. The molecule has 5 rings (SSSR count). The van der Waals surface area contributed by atoms with E-state index in [9.17, 15) is 21.6 Å². The predicted octanol–water partition coefficient (Wildman–Crippen LogP) is 3.65. The highest BCUT2D eigenvalue weighted by molar-refractivity contribution is 7.89. The second kappa shape index (κ2) is 12.8. The lowest BCUT2D eigenvalue weighted by molar-refractivity contribution is 0.0730. The fraction of sp³-hybridized carbons (Fsp3) is 0.367. The minimum Gasteiger partial charge on any atom is -0.379 e. The van der Waals surface area contributed by atoms with Gasteiger partial charge in [-0.3, -0.25) is 4.79 Å². The molecule has 2 saturated heterocycles. The number of nitrogens with one attached hydrogen (secondary N) is 1. The van der Waals surface area contributed by atoms with Crippen LogP contribution in [0.5, 0.6) is 0 Å². The van der Waals surface area contributed by atoms with Crippen LogP contribution in [0.4, 0.5) is 5.69 Å². The lowest BCUT2D eigenvalue weighted by Gasteiger charge is -2.31. The normalized spacial score (nSPS) is 17.8. The number of hydrogen-bond acceptors (Lipinski definition) is 7. The lowest BCUT2D eigenvalue weighted by Crippen LogP contribution is -2.40. The Balaban J connectivity index is 1.13. The number of morpholine rings is 1. The SMILES string of the molecule is O=C(CNc1ccc(S(=O)(=O)N2CCC(Cc3ccccc3)CC2)cc1)c1ccc(S(=O)(=O)N2CCOCC2)cc1. The summed E-state index contributed by atoms with van der Waals surface area (Å²) in [6, 6.07) is 22.6. The summed E-state index contributed by atoms with van der Waals surface area (Å²) in [7, 11) is -7.22. The van der Waals surface area contributed by atoms with Gasteiger partial charge in [0.1, 0.15) is 0 Å². The molecule has 2 heterocycles. The molecule has 9 nitrogen and oxygen atoms in total. The molecule has 11 heteroatoms. The Morgan fingerprint density at radius 3 is 1.85 bits per heavy atom. The summed E-state index contributed by atoms with van der Waals surface area (Å²) in [6.45, 7) is 2.32. The monoisotopic (exact) mass is 597 g/mol. The zero-order valence-electron chi connectivity index (χ0n) is 22.8. The summed E-state index contributed by atoms with van der Waals surface area (Å²) in [5.41, 5.74) is 2.28. The Kier molecular flexibility index (Phi) is 9.20. The van der Waals surface area contributed by atoms with Gasteiger partial charge < -0.3 is 10.1 Å². The van der Waals surface area contributed by atoms with Crippen molar-refractivity contribution in [1.29, 1.82) is 0 Å². The van der Waals surface area contributed by atoms with Crippen LogP contribution >= 0.6 is 0 Å². The molecule has 0 saturated carbocycles. The average Bonchev–Trinajstić information content (AvgIpc) is 3.01. The van der Waals surface area contributed by atoms with Crippen molar-refractivity contribution in [3.8, 4) is 0 Å². The summed E-state index contributed by atoms with van der Waals surface area (Å²) >= 11 is 0. The van der Waals surface area contributed by atoms with E-state index in [1.54, 1.807) is 28.6 Å². The van der Waals surface area contributed by atoms with E-state index in [1.807, 2.05) is 18.2 Å². The van der Waals surface area contributed by atoms with Gasteiger partial charge in [0.25, 0.3) is 0 Å². The maximum absolute atomic E-state index is 13.2. The number of ketones is 1. The van der Waals surface area contributed by atoms with Gasteiger partial charge in [0.15, 0.2) is 5.78 Å². The van der Waals surface area contributed by atoms with Gasteiger partial charge in [-0.15, -0.1) is 0 Å². The first-order chi connectivity index (χ1) is 19.7. The van der Waals surface area contributed by atoms with Crippen molar-refractivity contribution in [3.05, 3.63) is 90.0 Å². The van der Waals surface area contributed by atoms with E-state index in [0.717, 1.165) is 19.3 Å². The summed E-state index contributed by atoms with van der Waals surface area (Å²) < 4.78 is 60.2. The molecule has 2 aliphatic heterocycles. The van der Waals surface area contributed by atoms with Crippen molar-refractivity contribution in [2.75, 3.05) is 51.3 Å². The Morgan fingerprint density at radius 2 is 1.27 bits per heavy atom. The van der Waals surface area contributed by atoms with Crippen LogP contribution in [0.15, 0.2) is 88.7 Å². The lowest BCUT2D eigenvalue weighted by atomic mass is 9.91. The molecule has 2 aliphatic rings. The Hall–Kier alpha value is -3.09. The highest BCUT2D eigenvalue weighted by atomic mass is 32.2. The number of hydrogen-bond donors (Lipinski definition) is 1. The van der Waals surface area contributed by atoms with Crippen LogP contribution in [-0.4, -0.2) is 77.2 Å². The summed E-state index contributed by atoms with van der Waals surface area (Å²) in [5, 5.41) is 3.03. The van der Waals surface area contributed by atoms with E-state index in [1.165, 1.54) is 34.1 Å². The molecule has 0 atom stereocenters. The maximum atomic E-state index is 13.2. The van der Waals surface area contributed by atoms with Crippen LogP contribution in [0.1, 0.15) is 28.8 Å². The minimum atomic E-state index is -3.63. The van der Waals surface area contributed by atoms with Gasteiger partial charge in [-0.2, -0.15) is 8.61 Å². The van der Waals surface area contributed by atoms with Gasteiger partial charge in [-0.1, -0.05) is 30.3 Å². The molecule has 0 amide bonds. The van der Waals surface area contributed by atoms with E-state index in [2.05, 4.69) is 17.4 Å².